The van der Waals surface area contributed by atoms with E-state index in [2.05, 4.69) is 15.3 Å². The predicted molar refractivity (Wildman–Crippen MR) is 108 cm³/mol. The lowest BCUT2D eigenvalue weighted by Gasteiger charge is -1.99. The van der Waals surface area contributed by atoms with Crippen LogP contribution in [0.3, 0.4) is 0 Å². The molecule has 0 bridgehead atoms. The van der Waals surface area contributed by atoms with Crippen LogP contribution in [-0.2, 0) is 4.74 Å². The minimum Gasteiger partial charge on any atom is -0.494 e. The number of carbonyl (C=O) groups is 1. The van der Waals surface area contributed by atoms with Crippen LogP contribution in [0.5, 0.6) is 5.75 Å². The van der Waals surface area contributed by atoms with Crippen molar-refractivity contribution in [2.24, 2.45) is 0 Å². The van der Waals surface area contributed by atoms with Gasteiger partial charge in [0.1, 0.15) is 21.0 Å². The van der Waals surface area contributed by atoms with Crippen molar-refractivity contribution in [2.45, 2.75) is 13.8 Å². The third-order valence-corrected chi connectivity index (χ3v) is 7.07. The number of anilines is 2. The van der Waals surface area contributed by atoms with Crippen LogP contribution >= 0.6 is 34.0 Å². The van der Waals surface area contributed by atoms with Gasteiger partial charge in [-0.05, 0) is 31.5 Å². The monoisotopic (exact) mass is 405 g/mol. The molecule has 0 amide bonds. The fourth-order valence-electron chi connectivity index (χ4n) is 2.57. The summed E-state index contributed by atoms with van der Waals surface area (Å²) in [5.74, 6) is 0.467. The second kappa shape index (κ2) is 6.82. The number of ether oxygens (including phenoxy) is 2. The molecule has 0 spiro atoms. The van der Waals surface area contributed by atoms with Gasteiger partial charge in [0.2, 0.25) is 0 Å². The summed E-state index contributed by atoms with van der Waals surface area (Å²) in [6, 6.07) is 5.85. The van der Waals surface area contributed by atoms with Crippen LogP contribution < -0.4 is 10.1 Å². The van der Waals surface area contributed by atoms with Crippen molar-refractivity contribution in [2.75, 3.05) is 19.0 Å². The van der Waals surface area contributed by atoms with Crippen LogP contribution in [0.15, 0.2) is 18.2 Å². The van der Waals surface area contributed by atoms with Crippen LogP contribution in [0, 0.1) is 6.92 Å². The molecule has 0 aliphatic heterocycles. The van der Waals surface area contributed by atoms with Crippen molar-refractivity contribution in [1.82, 2.24) is 9.97 Å². The number of thiazole rings is 2. The average Bonchev–Trinajstić information content (AvgIpc) is 3.29. The Balaban J connectivity index is 1.65. The molecule has 0 radical (unpaired) electrons. The SMILES string of the molecule is CCOC(=O)c1sc2nc(Nc3nc4c(OC)cccc4s3)sc2c1C. The lowest BCUT2D eigenvalue weighted by molar-refractivity contribution is 0.0531. The van der Waals surface area contributed by atoms with Crippen LogP contribution in [0.1, 0.15) is 22.2 Å². The number of rotatable bonds is 5. The first-order valence-corrected chi connectivity index (χ1v) is 10.3. The zero-order valence-electron chi connectivity index (χ0n) is 14.3. The van der Waals surface area contributed by atoms with Crippen molar-refractivity contribution in [3.8, 4) is 5.75 Å². The van der Waals surface area contributed by atoms with Gasteiger partial charge in [-0.1, -0.05) is 28.7 Å². The van der Waals surface area contributed by atoms with E-state index in [9.17, 15) is 4.79 Å². The number of thiophene rings is 1. The maximum absolute atomic E-state index is 12.0. The van der Waals surface area contributed by atoms with Crippen molar-refractivity contribution in [3.05, 3.63) is 28.6 Å². The highest BCUT2D eigenvalue weighted by Crippen LogP contribution is 2.39. The lowest BCUT2D eigenvalue weighted by atomic mass is 10.3. The summed E-state index contributed by atoms with van der Waals surface area (Å²) >= 11 is 4.42. The van der Waals surface area contributed by atoms with Crippen LogP contribution in [0.2, 0.25) is 0 Å². The maximum atomic E-state index is 12.0. The van der Waals surface area contributed by atoms with E-state index in [1.165, 1.54) is 22.7 Å². The van der Waals surface area contributed by atoms with Crippen molar-refractivity contribution < 1.29 is 14.3 Å². The van der Waals surface area contributed by atoms with E-state index in [1.807, 2.05) is 25.1 Å². The molecule has 0 fully saturated rings. The summed E-state index contributed by atoms with van der Waals surface area (Å²) < 4.78 is 12.5. The fourth-order valence-corrected chi connectivity index (χ4v) is 5.73. The molecule has 0 aliphatic carbocycles. The third kappa shape index (κ3) is 2.91. The molecule has 0 saturated heterocycles. The van der Waals surface area contributed by atoms with E-state index in [1.54, 1.807) is 25.4 Å². The Hall–Kier alpha value is -2.23. The van der Waals surface area contributed by atoms with Gasteiger partial charge in [0.05, 0.1) is 23.1 Å². The van der Waals surface area contributed by atoms with Gasteiger partial charge in [-0.15, -0.1) is 11.3 Å². The molecule has 0 aliphatic rings. The van der Waals surface area contributed by atoms with Crippen molar-refractivity contribution in [3.63, 3.8) is 0 Å². The normalized spacial score (nSPS) is 11.2. The van der Waals surface area contributed by atoms with Gasteiger partial charge in [0, 0.05) is 0 Å². The summed E-state index contributed by atoms with van der Waals surface area (Å²) in [6.45, 7) is 4.09. The second-order valence-electron chi connectivity index (χ2n) is 5.38. The molecule has 6 nitrogen and oxygen atoms in total. The standard InChI is InChI=1S/C17H15N3O3S3/c1-4-23-15(21)13-8(2)12-14(25-13)19-17(26-12)20-16-18-11-9(22-3)6-5-7-10(11)24-16/h5-7H,4H2,1-3H3,(H,18,19,20). The van der Waals surface area contributed by atoms with Gasteiger partial charge in [0.25, 0.3) is 0 Å². The Morgan fingerprint density at radius 3 is 2.73 bits per heavy atom. The molecular formula is C17H15N3O3S3. The highest BCUT2D eigenvalue weighted by molar-refractivity contribution is 7.30. The number of nitrogens with one attached hydrogen (secondary N) is 1. The van der Waals surface area contributed by atoms with Crippen LogP contribution in [-0.4, -0.2) is 29.7 Å². The molecule has 4 aromatic rings. The number of hydrogen-bond donors (Lipinski definition) is 1. The molecular weight excluding hydrogens is 390 g/mol. The highest BCUT2D eigenvalue weighted by Gasteiger charge is 2.20. The molecule has 26 heavy (non-hydrogen) atoms. The molecule has 0 saturated carbocycles. The minimum absolute atomic E-state index is 0.284. The first-order chi connectivity index (χ1) is 12.6. The topological polar surface area (TPSA) is 73.3 Å². The Bertz CT molecular complexity index is 1110. The van der Waals surface area contributed by atoms with E-state index >= 15 is 0 Å². The van der Waals surface area contributed by atoms with E-state index in [0.29, 0.717) is 11.5 Å². The van der Waals surface area contributed by atoms with Crippen molar-refractivity contribution in [1.29, 1.82) is 0 Å². The number of aryl methyl sites for hydroxylation is 1. The van der Waals surface area contributed by atoms with Gasteiger partial charge in [0.15, 0.2) is 10.3 Å². The highest BCUT2D eigenvalue weighted by atomic mass is 32.1. The summed E-state index contributed by atoms with van der Waals surface area (Å²) in [6.07, 6.45) is 0. The van der Waals surface area contributed by atoms with E-state index in [-0.39, 0.29) is 5.97 Å². The predicted octanol–water partition coefficient (Wildman–Crippen LogP) is 5.20. The molecule has 1 N–H and O–H groups in total. The molecule has 4 rings (SSSR count). The van der Waals surface area contributed by atoms with Crippen LogP contribution in [0.25, 0.3) is 19.7 Å². The first kappa shape index (κ1) is 17.2. The van der Waals surface area contributed by atoms with Crippen molar-refractivity contribution >= 4 is 70.0 Å². The number of nitrogens with zero attached hydrogens (tertiary/aromatic N) is 2. The summed E-state index contributed by atoms with van der Waals surface area (Å²) in [5, 5.41) is 4.78. The summed E-state index contributed by atoms with van der Waals surface area (Å²) in [4.78, 5) is 22.7. The molecule has 0 atom stereocenters. The number of para-hydroxylation sites is 1. The van der Waals surface area contributed by atoms with Gasteiger partial charge >= 0.3 is 5.97 Å². The van der Waals surface area contributed by atoms with Gasteiger partial charge in [-0.25, -0.2) is 14.8 Å². The second-order valence-corrected chi connectivity index (χ2v) is 8.41. The number of methoxy groups -OCH3 is 1. The molecule has 134 valence electrons. The number of fused-ring (bicyclic) bond motifs is 2. The van der Waals surface area contributed by atoms with Gasteiger partial charge in [-0.3, -0.25) is 0 Å². The number of aromatic nitrogens is 2. The third-order valence-electron chi connectivity index (χ3n) is 3.75. The molecule has 3 aromatic heterocycles. The zero-order chi connectivity index (χ0) is 18.3. The van der Waals surface area contributed by atoms with E-state index in [0.717, 1.165) is 41.3 Å². The summed E-state index contributed by atoms with van der Waals surface area (Å²) in [5.41, 5.74) is 1.75. The minimum atomic E-state index is -0.284. The molecule has 1 aromatic carbocycles. The quantitative estimate of drug-likeness (QED) is 0.460. The fraction of sp³-hybridized carbons (Fsp3) is 0.235. The molecule has 9 heteroatoms. The van der Waals surface area contributed by atoms with Gasteiger partial charge in [-0.2, -0.15) is 0 Å². The number of carbonyl (C=O) groups excluding carboxylic acids is 1. The Morgan fingerprint density at radius 2 is 2.00 bits per heavy atom. The number of benzene rings is 1. The Morgan fingerprint density at radius 1 is 1.19 bits per heavy atom. The Kier molecular flexibility index (Phi) is 4.51. The van der Waals surface area contributed by atoms with E-state index in [4.69, 9.17) is 9.47 Å². The lowest BCUT2D eigenvalue weighted by Crippen LogP contribution is -2.03. The smallest absolute Gasteiger partial charge is 0.348 e. The molecule has 0 unspecified atom stereocenters. The van der Waals surface area contributed by atoms with Crippen LogP contribution in [0.4, 0.5) is 10.3 Å². The number of hydrogen-bond acceptors (Lipinski definition) is 9. The number of esters is 1. The summed E-state index contributed by atoms with van der Waals surface area (Å²) in [7, 11) is 1.64. The zero-order valence-corrected chi connectivity index (χ0v) is 16.7. The first-order valence-electron chi connectivity index (χ1n) is 7.88. The van der Waals surface area contributed by atoms with Gasteiger partial charge < -0.3 is 14.8 Å². The molecule has 3 heterocycles. The Labute approximate surface area is 161 Å². The maximum Gasteiger partial charge on any atom is 0.348 e. The average molecular weight is 406 g/mol. The van der Waals surface area contributed by atoms with E-state index < -0.39 is 0 Å². The largest absolute Gasteiger partial charge is 0.494 e.